The van der Waals surface area contributed by atoms with Gasteiger partial charge in [0.15, 0.2) is 0 Å². The number of carbonyl (C=O) groups is 2. The van der Waals surface area contributed by atoms with E-state index < -0.39 is 17.3 Å². The van der Waals surface area contributed by atoms with Crippen LogP contribution in [0.4, 0.5) is 4.79 Å². The zero-order valence-electron chi connectivity index (χ0n) is 7.13. The summed E-state index contributed by atoms with van der Waals surface area (Å²) >= 11 is 5.65. The Bertz CT molecular complexity index is 182. The molecule has 0 saturated heterocycles. The van der Waals surface area contributed by atoms with Crippen molar-refractivity contribution >= 4 is 23.5 Å². The summed E-state index contributed by atoms with van der Waals surface area (Å²) in [6, 6.07) is -0.866. The van der Waals surface area contributed by atoms with Gasteiger partial charge in [-0.25, -0.2) is 4.79 Å². The fraction of sp³-hybridized carbons (Fsp3) is 0.714. The molecule has 0 aliphatic carbocycles. The van der Waals surface area contributed by atoms with E-state index in [4.69, 9.17) is 17.3 Å². The Hall–Kier alpha value is -0.770. The zero-order valence-corrected chi connectivity index (χ0v) is 7.89. The molecule has 4 nitrogen and oxygen atoms in total. The minimum Gasteiger partial charge on any atom is -0.351 e. The van der Waals surface area contributed by atoms with Crippen LogP contribution in [-0.4, -0.2) is 17.3 Å². The second-order valence-electron chi connectivity index (χ2n) is 2.95. The van der Waals surface area contributed by atoms with Crippen LogP contribution in [0.25, 0.3) is 0 Å². The van der Waals surface area contributed by atoms with Crippen LogP contribution in [-0.2, 0) is 4.79 Å². The van der Waals surface area contributed by atoms with Gasteiger partial charge in [-0.1, -0.05) is 13.8 Å². The van der Waals surface area contributed by atoms with Gasteiger partial charge in [0.25, 0.3) is 0 Å². The quantitative estimate of drug-likeness (QED) is 0.651. The molecule has 0 radical (unpaired) electrons. The summed E-state index contributed by atoms with van der Waals surface area (Å²) in [4.78, 5) is 21.2. The van der Waals surface area contributed by atoms with Crippen molar-refractivity contribution in [3.05, 3.63) is 0 Å². The van der Waals surface area contributed by atoms with Crippen molar-refractivity contribution < 1.29 is 9.59 Å². The maximum Gasteiger partial charge on any atom is 0.318 e. The van der Waals surface area contributed by atoms with Gasteiger partial charge in [-0.05, 0) is 12.3 Å². The SMILES string of the molecule is CC(C)CC(Cl)C(=O)NC(N)=O. The number of amides is 3. The molecule has 12 heavy (non-hydrogen) atoms. The number of halogens is 1. The molecule has 3 N–H and O–H groups in total. The van der Waals surface area contributed by atoms with E-state index in [1.807, 2.05) is 19.2 Å². The maximum atomic E-state index is 10.9. The van der Waals surface area contributed by atoms with E-state index in [0.717, 1.165) is 0 Å². The van der Waals surface area contributed by atoms with Crippen LogP contribution in [0.2, 0.25) is 0 Å². The molecule has 0 heterocycles. The van der Waals surface area contributed by atoms with Crippen molar-refractivity contribution in [2.45, 2.75) is 25.6 Å². The van der Waals surface area contributed by atoms with Crippen LogP contribution >= 0.6 is 11.6 Å². The molecule has 0 rings (SSSR count). The average Bonchev–Trinajstić information content (AvgIpc) is 1.84. The first-order valence-corrected chi connectivity index (χ1v) is 4.11. The molecular weight excluding hydrogens is 180 g/mol. The number of carbonyl (C=O) groups excluding carboxylic acids is 2. The minimum atomic E-state index is -0.866. The number of hydrogen-bond donors (Lipinski definition) is 2. The molecule has 0 spiro atoms. The topological polar surface area (TPSA) is 72.2 Å². The van der Waals surface area contributed by atoms with Crippen molar-refractivity contribution in [3.63, 3.8) is 0 Å². The molecule has 1 atom stereocenters. The molecule has 3 amide bonds. The monoisotopic (exact) mass is 192 g/mol. The number of nitrogens with one attached hydrogen (secondary N) is 1. The predicted molar refractivity (Wildman–Crippen MR) is 46.8 cm³/mol. The van der Waals surface area contributed by atoms with Gasteiger partial charge in [-0.15, -0.1) is 11.6 Å². The fourth-order valence-corrected chi connectivity index (χ4v) is 1.13. The van der Waals surface area contributed by atoms with Crippen LogP contribution in [0.15, 0.2) is 0 Å². The number of alkyl halides is 1. The first kappa shape index (κ1) is 11.2. The van der Waals surface area contributed by atoms with Crippen molar-refractivity contribution in [2.75, 3.05) is 0 Å². The molecule has 1 unspecified atom stereocenters. The van der Waals surface area contributed by atoms with Gasteiger partial charge >= 0.3 is 6.03 Å². The van der Waals surface area contributed by atoms with E-state index in [0.29, 0.717) is 12.3 Å². The molecule has 0 aliphatic heterocycles. The number of primary amides is 1. The standard InChI is InChI=1S/C7H13ClN2O2/c1-4(2)3-5(8)6(11)10-7(9)12/h4-5H,3H2,1-2H3,(H3,9,10,11,12). The van der Waals surface area contributed by atoms with E-state index >= 15 is 0 Å². The van der Waals surface area contributed by atoms with Crippen LogP contribution in [0, 0.1) is 5.92 Å². The number of imide groups is 1. The van der Waals surface area contributed by atoms with Gasteiger partial charge < -0.3 is 5.73 Å². The lowest BCUT2D eigenvalue weighted by Gasteiger charge is -2.09. The van der Waals surface area contributed by atoms with E-state index in [9.17, 15) is 9.59 Å². The normalized spacial score (nSPS) is 12.7. The van der Waals surface area contributed by atoms with Crippen LogP contribution in [0.1, 0.15) is 20.3 Å². The summed E-state index contributed by atoms with van der Waals surface area (Å²) in [7, 11) is 0. The lowest BCUT2D eigenvalue weighted by molar-refractivity contribution is -0.119. The number of hydrogen-bond acceptors (Lipinski definition) is 2. The molecular formula is C7H13ClN2O2. The third kappa shape index (κ3) is 4.96. The zero-order chi connectivity index (χ0) is 9.72. The summed E-state index contributed by atoms with van der Waals surface area (Å²) in [5, 5.41) is 1.23. The molecule has 0 aliphatic rings. The first-order valence-electron chi connectivity index (χ1n) is 3.68. The molecule has 0 fully saturated rings. The maximum absolute atomic E-state index is 10.9. The Morgan fingerprint density at radius 1 is 1.50 bits per heavy atom. The second-order valence-corrected chi connectivity index (χ2v) is 3.48. The Morgan fingerprint density at radius 2 is 2.00 bits per heavy atom. The van der Waals surface area contributed by atoms with Crippen molar-refractivity contribution in [2.24, 2.45) is 11.7 Å². The van der Waals surface area contributed by atoms with Crippen molar-refractivity contribution in [3.8, 4) is 0 Å². The number of urea groups is 1. The Balaban J connectivity index is 3.85. The summed E-state index contributed by atoms with van der Waals surface area (Å²) in [6.45, 7) is 3.87. The van der Waals surface area contributed by atoms with Crippen molar-refractivity contribution in [1.82, 2.24) is 5.32 Å². The van der Waals surface area contributed by atoms with Crippen LogP contribution < -0.4 is 11.1 Å². The fourth-order valence-electron chi connectivity index (χ4n) is 0.721. The number of nitrogens with two attached hydrogens (primary N) is 1. The van der Waals surface area contributed by atoms with Gasteiger partial charge in [0.05, 0.1) is 0 Å². The molecule has 70 valence electrons. The van der Waals surface area contributed by atoms with Crippen LogP contribution in [0.3, 0.4) is 0 Å². The Kier molecular flexibility index (Phi) is 4.66. The molecule has 0 aromatic heterocycles. The Labute approximate surface area is 76.4 Å². The highest BCUT2D eigenvalue weighted by atomic mass is 35.5. The minimum absolute atomic E-state index is 0.311. The van der Waals surface area contributed by atoms with Gasteiger partial charge in [0.1, 0.15) is 5.38 Å². The summed E-state index contributed by atoms with van der Waals surface area (Å²) < 4.78 is 0. The van der Waals surface area contributed by atoms with Gasteiger partial charge in [-0.2, -0.15) is 0 Å². The van der Waals surface area contributed by atoms with E-state index in [-0.39, 0.29) is 0 Å². The predicted octanol–water partition coefficient (Wildman–Crippen LogP) is 0.835. The van der Waals surface area contributed by atoms with E-state index in [1.165, 1.54) is 0 Å². The highest BCUT2D eigenvalue weighted by Gasteiger charge is 2.17. The molecule has 0 saturated carbocycles. The summed E-state index contributed by atoms with van der Waals surface area (Å²) in [5.74, 6) is -0.219. The summed E-state index contributed by atoms with van der Waals surface area (Å²) in [6.07, 6.45) is 0.528. The van der Waals surface area contributed by atoms with Crippen LogP contribution in [0.5, 0.6) is 0 Å². The van der Waals surface area contributed by atoms with Gasteiger partial charge in [-0.3, -0.25) is 10.1 Å². The number of rotatable bonds is 3. The first-order chi connectivity index (χ1) is 5.43. The summed E-state index contributed by atoms with van der Waals surface area (Å²) in [5.41, 5.74) is 4.73. The van der Waals surface area contributed by atoms with Gasteiger partial charge in [0.2, 0.25) is 5.91 Å². The molecule has 0 aromatic rings. The van der Waals surface area contributed by atoms with Crippen molar-refractivity contribution in [1.29, 1.82) is 0 Å². The van der Waals surface area contributed by atoms with E-state index in [2.05, 4.69) is 0 Å². The smallest absolute Gasteiger partial charge is 0.318 e. The third-order valence-electron chi connectivity index (χ3n) is 1.21. The lowest BCUT2D eigenvalue weighted by atomic mass is 10.1. The third-order valence-corrected chi connectivity index (χ3v) is 1.59. The lowest BCUT2D eigenvalue weighted by Crippen LogP contribution is -2.40. The highest BCUT2D eigenvalue weighted by Crippen LogP contribution is 2.10. The molecule has 0 aromatic carbocycles. The largest absolute Gasteiger partial charge is 0.351 e. The highest BCUT2D eigenvalue weighted by molar-refractivity contribution is 6.31. The Morgan fingerprint density at radius 3 is 2.33 bits per heavy atom. The van der Waals surface area contributed by atoms with Gasteiger partial charge in [0, 0.05) is 0 Å². The molecule has 5 heteroatoms. The molecule has 0 bridgehead atoms. The average molecular weight is 193 g/mol. The van der Waals surface area contributed by atoms with E-state index in [1.54, 1.807) is 0 Å². The second kappa shape index (κ2) is 4.98.